The molecule has 0 atom stereocenters. The number of nitrogens with one attached hydrogen (secondary N) is 1. The van der Waals surface area contributed by atoms with Crippen LogP contribution >= 0.6 is 0 Å². The SMILES string of the molecule is COc1ccc(N=Nc2ccc(N(C)CCCNc3nc(C)nc(N)n3)cc2)cc1. The molecule has 0 aliphatic carbocycles. The first-order chi connectivity index (χ1) is 14.5. The molecule has 1 aromatic heterocycles. The average molecular weight is 406 g/mol. The number of hydrogen-bond acceptors (Lipinski definition) is 9. The van der Waals surface area contributed by atoms with Crippen LogP contribution in [-0.2, 0) is 0 Å². The second kappa shape index (κ2) is 10.1. The van der Waals surface area contributed by atoms with Crippen molar-refractivity contribution in [2.24, 2.45) is 10.2 Å². The number of anilines is 3. The van der Waals surface area contributed by atoms with E-state index in [0.717, 1.165) is 42.3 Å². The van der Waals surface area contributed by atoms with Crippen LogP contribution in [0.3, 0.4) is 0 Å². The summed E-state index contributed by atoms with van der Waals surface area (Å²) < 4.78 is 5.14. The normalized spacial score (nSPS) is 10.9. The van der Waals surface area contributed by atoms with Crippen molar-refractivity contribution in [2.45, 2.75) is 13.3 Å². The summed E-state index contributed by atoms with van der Waals surface area (Å²) in [6.45, 7) is 3.40. The molecular weight excluding hydrogens is 380 g/mol. The Labute approximate surface area is 176 Å². The molecule has 0 fully saturated rings. The van der Waals surface area contributed by atoms with E-state index in [-0.39, 0.29) is 5.95 Å². The van der Waals surface area contributed by atoms with Crippen LogP contribution in [0.15, 0.2) is 58.8 Å². The first-order valence-electron chi connectivity index (χ1n) is 9.62. The molecule has 156 valence electrons. The zero-order chi connectivity index (χ0) is 21.3. The lowest BCUT2D eigenvalue weighted by Gasteiger charge is -2.19. The van der Waals surface area contributed by atoms with Gasteiger partial charge in [-0.2, -0.15) is 25.2 Å². The highest BCUT2D eigenvalue weighted by Gasteiger charge is 2.03. The van der Waals surface area contributed by atoms with Crippen LogP contribution in [0.1, 0.15) is 12.2 Å². The second-order valence-electron chi connectivity index (χ2n) is 6.68. The molecule has 0 saturated carbocycles. The van der Waals surface area contributed by atoms with E-state index in [4.69, 9.17) is 10.5 Å². The molecule has 2 aromatic carbocycles. The second-order valence-corrected chi connectivity index (χ2v) is 6.68. The van der Waals surface area contributed by atoms with Crippen LogP contribution in [0.4, 0.5) is 29.0 Å². The highest BCUT2D eigenvalue weighted by Crippen LogP contribution is 2.23. The molecule has 3 aromatic rings. The minimum absolute atomic E-state index is 0.228. The zero-order valence-corrected chi connectivity index (χ0v) is 17.4. The molecule has 0 bridgehead atoms. The Morgan fingerprint density at radius 3 is 2.20 bits per heavy atom. The molecule has 9 nitrogen and oxygen atoms in total. The van der Waals surface area contributed by atoms with Gasteiger partial charge in [-0.05, 0) is 61.9 Å². The molecule has 0 aliphatic heterocycles. The first kappa shape index (κ1) is 21.0. The third-order valence-corrected chi connectivity index (χ3v) is 4.36. The Hall–Kier alpha value is -3.75. The molecule has 3 N–H and O–H groups in total. The summed E-state index contributed by atoms with van der Waals surface area (Å²) in [5, 5.41) is 11.7. The summed E-state index contributed by atoms with van der Waals surface area (Å²) in [7, 11) is 3.69. The van der Waals surface area contributed by atoms with Gasteiger partial charge >= 0.3 is 0 Å². The van der Waals surface area contributed by atoms with Crippen molar-refractivity contribution >= 4 is 29.0 Å². The Balaban J connectivity index is 1.47. The van der Waals surface area contributed by atoms with Crippen LogP contribution in [0.5, 0.6) is 5.75 Å². The van der Waals surface area contributed by atoms with Gasteiger partial charge in [0, 0.05) is 25.8 Å². The van der Waals surface area contributed by atoms with Gasteiger partial charge in [0.1, 0.15) is 11.6 Å². The van der Waals surface area contributed by atoms with Gasteiger partial charge < -0.3 is 20.7 Å². The largest absolute Gasteiger partial charge is 0.497 e. The van der Waals surface area contributed by atoms with E-state index >= 15 is 0 Å². The van der Waals surface area contributed by atoms with Gasteiger partial charge in [-0.3, -0.25) is 0 Å². The van der Waals surface area contributed by atoms with Gasteiger partial charge in [-0.1, -0.05) is 0 Å². The van der Waals surface area contributed by atoms with Gasteiger partial charge in [0.25, 0.3) is 0 Å². The topological polar surface area (TPSA) is 114 Å². The lowest BCUT2D eigenvalue weighted by molar-refractivity contribution is 0.415. The van der Waals surface area contributed by atoms with Crippen LogP contribution in [-0.4, -0.2) is 42.2 Å². The van der Waals surface area contributed by atoms with Gasteiger partial charge in [0.15, 0.2) is 0 Å². The molecule has 1 heterocycles. The summed E-state index contributed by atoms with van der Waals surface area (Å²) >= 11 is 0. The Bertz CT molecular complexity index is 953. The Morgan fingerprint density at radius 1 is 0.967 bits per heavy atom. The van der Waals surface area contributed by atoms with E-state index in [2.05, 4.69) is 42.4 Å². The number of hydrogen-bond donors (Lipinski definition) is 2. The minimum Gasteiger partial charge on any atom is -0.497 e. The molecule has 0 saturated heterocycles. The number of ether oxygens (including phenoxy) is 1. The summed E-state index contributed by atoms with van der Waals surface area (Å²) in [5.74, 6) is 2.14. The monoisotopic (exact) mass is 406 g/mol. The summed E-state index contributed by atoms with van der Waals surface area (Å²) in [4.78, 5) is 14.4. The number of aromatic nitrogens is 3. The van der Waals surface area contributed by atoms with Crippen molar-refractivity contribution < 1.29 is 4.74 Å². The number of azo groups is 1. The molecular formula is C21H26N8O. The Kier molecular flexibility index (Phi) is 7.09. The lowest BCUT2D eigenvalue weighted by Crippen LogP contribution is -2.21. The molecule has 0 unspecified atom stereocenters. The maximum Gasteiger partial charge on any atom is 0.227 e. The number of nitrogens with zero attached hydrogens (tertiary/aromatic N) is 6. The van der Waals surface area contributed by atoms with Crippen molar-refractivity contribution in [3.8, 4) is 5.75 Å². The van der Waals surface area contributed by atoms with E-state index in [1.54, 1.807) is 14.0 Å². The van der Waals surface area contributed by atoms with Gasteiger partial charge in [0.2, 0.25) is 11.9 Å². The number of nitrogen functional groups attached to an aromatic ring is 1. The maximum absolute atomic E-state index is 5.64. The zero-order valence-electron chi connectivity index (χ0n) is 17.4. The molecule has 0 spiro atoms. The van der Waals surface area contributed by atoms with Crippen molar-refractivity contribution in [1.29, 1.82) is 0 Å². The standard InChI is InChI=1S/C21H26N8O/c1-15-24-20(22)26-21(25-15)23-13-4-14-29(2)18-9-5-16(6-10-18)27-28-17-7-11-19(30-3)12-8-17/h5-12H,4,13-14H2,1-3H3,(H3,22,23,24,25,26). The summed E-state index contributed by atoms with van der Waals surface area (Å²) in [6.07, 6.45) is 0.917. The highest BCUT2D eigenvalue weighted by atomic mass is 16.5. The fourth-order valence-corrected chi connectivity index (χ4v) is 2.77. The van der Waals surface area contributed by atoms with E-state index in [0.29, 0.717) is 11.8 Å². The van der Waals surface area contributed by atoms with Crippen molar-refractivity contribution in [3.63, 3.8) is 0 Å². The van der Waals surface area contributed by atoms with Crippen LogP contribution in [0.2, 0.25) is 0 Å². The minimum atomic E-state index is 0.228. The summed E-state index contributed by atoms with van der Waals surface area (Å²) in [6, 6.07) is 15.4. The van der Waals surface area contributed by atoms with E-state index in [1.165, 1.54) is 0 Å². The molecule has 9 heteroatoms. The fraction of sp³-hybridized carbons (Fsp3) is 0.286. The van der Waals surface area contributed by atoms with Crippen LogP contribution < -0.4 is 20.7 Å². The Morgan fingerprint density at radius 2 is 1.60 bits per heavy atom. The smallest absolute Gasteiger partial charge is 0.227 e. The average Bonchev–Trinajstić information content (AvgIpc) is 2.75. The van der Waals surface area contributed by atoms with Gasteiger partial charge in [0.05, 0.1) is 18.5 Å². The first-order valence-corrected chi connectivity index (χ1v) is 9.62. The molecule has 0 radical (unpaired) electrons. The predicted octanol–water partition coefficient (Wildman–Crippen LogP) is 4.12. The van der Waals surface area contributed by atoms with E-state index < -0.39 is 0 Å². The number of aryl methyl sites for hydroxylation is 1. The molecule has 0 amide bonds. The van der Waals surface area contributed by atoms with Crippen molar-refractivity contribution in [3.05, 3.63) is 54.4 Å². The predicted molar refractivity (Wildman–Crippen MR) is 119 cm³/mol. The third kappa shape index (κ3) is 6.13. The van der Waals surface area contributed by atoms with E-state index in [1.807, 2.05) is 48.5 Å². The highest BCUT2D eigenvalue weighted by molar-refractivity contribution is 5.52. The molecule has 0 aliphatic rings. The number of rotatable bonds is 9. The van der Waals surface area contributed by atoms with Crippen LogP contribution in [0, 0.1) is 6.92 Å². The molecule has 3 rings (SSSR count). The van der Waals surface area contributed by atoms with Gasteiger partial charge in [-0.15, -0.1) is 0 Å². The van der Waals surface area contributed by atoms with Gasteiger partial charge in [-0.25, -0.2) is 0 Å². The lowest BCUT2D eigenvalue weighted by atomic mass is 10.2. The quantitative estimate of drug-likeness (QED) is 0.406. The van der Waals surface area contributed by atoms with Crippen molar-refractivity contribution in [2.75, 3.05) is 43.2 Å². The van der Waals surface area contributed by atoms with Crippen molar-refractivity contribution in [1.82, 2.24) is 15.0 Å². The van der Waals surface area contributed by atoms with E-state index in [9.17, 15) is 0 Å². The fourth-order valence-electron chi connectivity index (χ4n) is 2.77. The number of benzene rings is 2. The number of methoxy groups -OCH3 is 1. The van der Waals surface area contributed by atoms with Crippen LogP contribution in [0.25, 0.3) is 0 Å². The molecule has 30 heavy (non-hydrogen) atoms. The third-order valence-electron chi connectivity index (χ3n) is 4.36. The number of nitrogens with two attached hydrogens (primary N) is 1. The maximum atomic E-state index is 5.64. The summed E-state index contributed by atoms with van der Waals surface area (Å²) in [5.41, 5.74) is 8.32.